The molecule has 1 aromatic carbocycles. The van der Waals surface area contributed by atoms with Gasteiger partial charge in [0.1, 0.15) is 0 Å². The van der Waals surface area contributed by atoms with E-state index in [-0.39, 0.29) is 23.8 Å². The third-order valence-electron chi connectivity index (χ3n) is 2.95. The van der Waals surface area contributed by atoms with E-state index in [1.807, 2.05) is 39.0 Å². The molecule has 3 N–H and O–H groups in total. The number of amides is 1. The van der Waals surface area contributed by atoms with E-state index < -0.39 is 0 Å². The number of carbonyl (C=O) groups excluding carboxylic acids is 1. The van der Waals surface area contributed by atoms with Gasteiger partial charge >= 0.3 is 0 Å². The molecule has 0 aromatic heterocycles. The predicted molar refractivity (Wildman–Crippen MR) is 74.9 cm³/mol. The topological polar surface area (TPSA) is 55.1 Å². The molecule has 0 aliphatic rings. The molecule has 2 unspecified atom stereocenters. The van der Waals surface area contributed by atoms with Crippen LogP contribution < -0.4 is 11.1 Å². The molecule has 1 rings (SSSR count). The lowest BCUT2D eigenvalue weighted by atomic mass is 9.98. The summed E-state index contributed by atoms with van der Waals surface area (Å²) in [4.78, 5) is 12.1. The van der Waals surface area contributed by atoms with Gasteiger partial charge in [-0.1, -0.05) is 31.9 Å². The Labute approximate surface area is 109 Å². The van der Waals surface area contributed by atoms with Crippen LogP contribution in [-0.4, -0.2) is 11.9 Å². The SMILES string of the molecule is C#CC(NC(=O)C(C)c1cccc(N)c1)C(C)C. The molecule has 0 aliphatic carbocycles. The fraction of sp³-hybridized carbons (Fsp3) is 0.400. The largest absolute Gasteiger partial charge is 0.399 e. The van der Waals surface area contributed by atoms with Crippen LogP contribution in [0.25, 0.3) is 0 Å². The summed E-state index contributed by atoms with van der Waals surface area (Å²) < 4.78 is 0. The summed E-state index contributed by atoms with van der Waals surface area (Å²) in [5.74, 6) is 2.48. The molecule has 3 nitrogen and oxygen atoms in total. The van der Waals surface area contributed by atoms with Crippen molar-refractivity contribution in [2.24, 2.45) is 5.92 Å². The molecule has 3 heteroatoms. The van der Waals surface area contributed by atoms with E-state index in [1.165, 1.54) is 0 Å². The zero-order chi connectivity index (χ0) is 13.7. The zero-order valence-corrected chi connectivity index (χ0v) is 11.1. The van der Waals surface area contributed by atoms with Crippen LogP contribution in [0, 0.1) is 18.3 Å². The van der Waals surface area contributed by atoms with E-state index in [0.717, 1.165) is 5.56 Å². The third-order valence-corrected chi connectivity index (χ3v) is 2.95. The van der Waals surface area contributed by atoms with Crippen molar-refractivity contribution in [3.63, 3.8) is 0 Å². The first-order valence-electron chi connectivity index (χ1n) is 6.07. The molecule has 96 valence electrons. The minimum absolute atomic E-state index is 0.0720. The van der Waals surface area contributed by atoms with Crippen LogP contribution in [0.3, 0.4) is 0 Å². The van der Waals surface area contributed by atoms with Gasteiger partial charge in [-0.15, -0.1) is 6.42 Å². The Morgan fingerprint density at radius 1 is 1.39 bits per heavy atom. The number of nitrogens with two attached hydrogens (primary N) is 1. The van der Waals surface area contributed by atoms with Crippen LogP contribution in [0.2, 0.25) is 0 Å². The number of hydrogen-bond acceptors (Lipinski definition) is 2. The summed E-state index contributed by atoms with van der Waals surface area (Å²) in [5.41, 5.74) is 7.26. The maximum atomic E-state index is 12.1. The fourth-order valence-electron chi connectivity index (χ4n) is 1.66. The first kappa shape index (κ1) is 14.1. The molecule has 0 fully saturated rings. The van der Waals surface area contributed by atoms with Crippen molar-refractivity contribution in [3.8, 4) is 12.3 Å². The van der Waals surface area contributed by atoms with Gasteiger partial charge in [-0.2, -0.15) is 0 Å². The summed E-state index contributed by atoms with van der Waals surface area (Å²) >= 11 is 0. The normalized spacial score (nSPS) is 13.7. The summed E-state index contributed by atoms with van der Waals surface area (Å²) in [6.45, 7) is 5.81. The van der Waals surface area contributed by atoms with Gasteiger partial charge in [0.2, 0.25) is 5.91 Å². The minimum atomic E-state index is -0.261. The van der Waals surface area contributed by atoms with E-state index in [1.54, 1.807) is 6.07 Å². The number of rotatable bonds is 4. The molecule has 18 heavy (non-hydrogen) atoms. The first-order chi connectivity index (χ1) is 8.45. The molecule has 1 aromatic rings. The fourth-order valence-corrected chi connectivity index (χ4v) is 1.66. The second-order valence-electron chi connectivity index (χ2n) is 4.79. The van der Waals surface area contributed by atoms with Gasteiger partial charge in [0.15, 0.2) is 0 Å². The zero-order valence-electron chi connectivity index (χ0n) is 11.1. The molecule has 0 saturated carbocycles. The Hall–Kier alpha value is -1.95. The van der Waals surface area contributed by atoms with Crippen LogP contribution in [0.15, 0.2) is 24.3 Å². The van der Waals surface area contributed by atoms with Crippen LogP contribution in [0.4, 0.5) is 5.69 Å². The van der Waals surface area contributed by atoms with Gasteiger partial charge in [0, 0.05) is 5.69 Å². The molecule has 0 spiro atoms. The highest BCUT2D eigenvalue weighted by molar-refractivity contribution is 5.84. The van der Waals surface area contributed by atoms with Crippen molar-refractivity contribution in [2.75, 3.05) is 5.73 Å². The van der Waals surface area contributed by atoms with Crippen LogP contribution in [-0.2, 0) is 4.79 Å². The van der Waals surface area contributed by atoms with Gasteiger partial charge in [-0.3, -0.25) is 4.79 Å². The maximum Gasteiger partial charge on any atom is 0.228 e. The molecule has 0 heterocycles. The van der Waals surface area contributed by atoms with Crippen molar-refractivity contribution >= 4 is 11.6 Å². The molecule has 0 radical (unpaired) electrons. The number of benzene rings is 1. The molecular formula is C15H20N2O. The van der Waals surface area contributed by atoms with Crippen molar-refractivity contribution in [1.29, 1.82) is 0 Å². The lowest BCUT2D eigenvalue weighted by Crippen LogP contribution is -2.39. The van der Waals surface area contributed by atoms with E-state index in [4.69, 9.17) is 12.2 Å². The summed E-state index contributed by atoms with van der Waals surface area (Å²) in [6, 6.07) is 7.11. The molecule has 2 atom stereocenters. The number of terminal acetylenes is 1. The average Bonchev–Trinajstić information content (AvgIpc) is 2.34. The number of hydrogen-bond donors (Lipinski definition) is 2. The van der Waals surface area contributed by atoms with Crippen molar-refractivity contribution in [2.45, 2.75) is 32.7 Å². The number of carbonyl (C=O) groups is 1. The van der Waals surface area contributed by atoms with Crippen molar-refractivity contribution in [3.05, 3.63) is 29.8 Å². The highest BCUT2D eigenvalue weighted by Gasteiger charge is 2.19. The predicted octanol–water partition coefficient (Wildman–Crippen LogP) is 2.15. The number of nitrogen functional groups attached to an aromatic ring is 1. The number of anilines is 1. The van der Waals surface area contributed by atoms with Crippen LogP contribution >= 0.6 is 0 Å². The summed E-state index contributed by atoms with van der Waals surface area (Å²) in [5, 5.41) is 2.87. The summed E-state index contributed by atoms with van der Waals surface area (Å²) in [7, 11) is 0. The quantitative estimate of drug-likeness (QED) is 0.630. The highest BCUT2D eigenvalue weighted by atomic mass is 16.1. The van der Waals surface area contributed by atoms with Gasteiger partial charge < -0.3 is 11.1 Å². The maximum absolute atomic E-state index is 12.1. The Bertz CT molecular complexity index is 460. The van der Waals surface area contributed by atoms with Crippen molar-refractivity contribution in [1.82, 2.24) is 5.32 Å². The van der Waals surface area contributed by atoms with Crippen molar-refractivity contribution < 1.29 is 4.79 Å². The average molecular weight is 244 g/mol. The minimum Gasteiger partial charge on any atom is -0.399 e. The molecule has 0 bridgehead atoms. The van der Waals surface area contributed by atoms with Crippen LogP contribution in [0.5, 0.6) is 0 Å². The van der Waals surface area contributed by atoms with Gasteiger partial charge in [-0.25, -0.2) is 0 Å². The second-order valence-corrected chi connectivity index (χ2v) is 4.79. The smallest absolute Gasteiger partial charge is 0.228 e. The Kier molecular flexibility index (Phi) is 4.79. The monoisotopic (exact) mass is 244 g/mol. The standard InChI is InChI=1S/C15H20N2O/c1-5-14(10(2)3)17-15(18)11(4)12-7-6-8-13(16)9-12/h1,6-11,14H,16H2,2-4H3,(H,17,18). The van der Waals surface area contributed by atoms with E-state index in [2.05, 4.69) is 11.2 Å². The third kappa shape index (κ3) is 3.53. The Morgan fingerprint density at radius 2 is 2.06 bits per heavy atom. The van der Waals surface area contributed by atoms with Gasteiger partial charge in [0.05, 0.1) is 12.0 Å². The lowest BCUT2D eigenvalue weighted by molar-refractivity contribution is -0.122. The van der Waals surface area contributed by atoms with E-state index >= 15 is 0 Å². The van der Waals surface area contributed by atoms with Gasteiger partial charge in [0.25, 0.3) is 0 Å². The summed E-state index contributed by atoms with van der Waals surface area (Å²) in [6.07, 6.45) is 5.40. The molecule has 0 saturated heterocycles. The van der Waals surface area contributed by atoms with E-state index in [9.17, 15) is 4.79 Å². The van der Waals surface area contributed by atoms with E-state index in [0.29, 0.717) is 5.69 Å². The molecular weight excluding hydrogens is 224 g/mol. The first-order valence-corrected chi connectivity index (χ1v) is 6.07. The highest BCUT2D eigenvalue weighted by Crippen LogP contribution is 2.18. The van der Waals surface area contributed by atoms with Gasteiger partial charge in [-0.05, 0) is 30.5 Å². The second kappa shape index (κ2) is 6.11. The Balaban J connectivity index is 2.76. The molecule has 0 aliphatic heterocycles. The Morgan fingerprint density at radius 3 is 2.56 bits per heavy atom. The lowest BCUT2D eigenvalue weighted by Gasteiger charge is -2.20. The number of nitrogens with one attached hydrogen (secondary N) is 1. The molecule has 1 amide bonds. The van der Waals surface area contributed by atoms with Crippen LogP contribution in [0.1, 0.15) is 32.3 Å².